The summed E-state index contributed by atoms with van der Waals surface area (Å²) in [5.41, 5.74) is 1.22. The van der Waals surface area contributed by atoms with Crippen molar-refractivity contribution >= 4 is 28.0 Å². The average molecular weight is 381 g/mol. The highest BCUT2D eigenvalue weighted by Crippen LogP contribution is 2.35. The van der Waals surface area contributed by atoms with Gasteiger partial charge in [0.05, 0.1) is 11.6 Å². The van der Waals surface area contributed by atoms with Crippen molar-refractivity contribution in [1.82, 2.24) is 0 Å². The standard InChI is InChI=1S/C17H14BrFO4/c1-22-15-9-11(8-14(18)17(15)21)5-6-16(20)23-10-12-3-2-4-13(19)7-12/h2-9,21H,10H2,1H3/b6-5+. The second-order valence-electron chi connectivity index (χ2n) is 4.62. The number of carbonyl (C=O) groups is 1. The van der Waals surface area contributed by atoms with E-state index in [2.05, 4.69) is 15.9 Å². The number of ether oxygens (including phenoxy) is 2. The summed E-state index contributed by atoms with van der Waals surface area (Å²) in [7, 11) is 1.43. The SMILES string of the molecule is COc1cc(/C=C/C(=O)OCc2cccc(F)c2)cc(Br)c1O. The highest BCUT2D eigenvalue weighted by Gasteiger charge is 2.07. The summed E-state index contributed by atoms with van der Waals surface area (Å²) in [6.07, 6.45) is 2.78. The van der Waals surface area contributed by atoms with E-state index in [-0.39, 0.29) is 23.9 Å². The molecule has 0 amide bonds. The van der Waals surface area contributed by atoms with E-state index in [1.807, 2.05) is 0 Å². The van der Waals surface area contributed by atoms with Crippen LogP contribution in [0.2, 0.25) is 0 Å². The Morgan fingerprint density at radius 1 is 1.35 bits per heavy atom. The second-order valence-corrected chi connectivity index (χ2v) is 5.48. The summed E-state index contributed by atoms with van der Waals surface area (Å²) >= 11 is 3.20. The average Bonchev–Trinajstić information content (AvgIpc) is 2.54. The van der Waals surface area contributed by atoms with Crippen LogP contribution >= 0.6 is 15.9 Å². The number of aromatic hydroxyl groups is 1. The zero-order chi connectivity index (χ0) is 16.8. The Balaban J connectivity index is 2.00. The topological polar surface area (TPSA) is 55.8 Å². The maximum atomic E-state index is 13.0. The van der Waals surface area contributed by atoms with E-state index in [9.17, 15) is 14.3 Å². The first-order chi connectivity index (χ1) is 11.0. The van der Waals surface area contributed by atoms with Crippen LogP contribution in [-0.2, 0) is 16.1 Å². The molecule has 0 aliphatic heterocycles. The quantitative estimate of drug-likeness (QED) is 0.627. The lowest BCUT2D eigenvalue weighted by Gasteiger charge is -2.06. The number of esters is 1. The van der Waals surface area contributed by atoms with E-state index < -0.39 is 5.97 Å². The summed E-state index contributed by atoms with van der Waals surface area (Å²) < 4.78 is 23.5. The molecule has 120 valence electrons. The Morgan fingerprint density at radius 3 is 2.83 bits per heavy atom. The summed E-state index contributed by atoms with van der Waals surface area (Å²) in [6, 6.07) is 9.06. The van der Waals surface area contributed by atoms with Gasteiger partial charge in [-0.2, -0.15) is 0 Å². The number of rotatable bonds is 5. The third-order valence-corrected chi connectivity index (χ3v) is 3.56. The number of methoxy groups -OCH3 is 1. The van der Waals surface area contributed by atoms with Crippen molar-refractivity contribution in [3.63, 3.8) is 0 Å². The molecule has 0 atom stereocenters. The largest absolute Gasteiger partial charge is 0.503 e. The second kappa shape index (κ2) is 7.78. The Kier molecular flexibility index (Phi) is 5.76. The van der Waals surface area contributed by atoms with Gasteiger partial charge < -0.3 is 14.6 Å². The van der Waals surface area contributed by atoms with Crippen molar-refractivity contribution in [2.75, 3.05) is 7.11 Å². The molecule has 2 aromatic carbocycles. The van der Waals surface area contributed by atoms with Crippen molar-refractivity contribution in [2.24, 2.45) is 0 Å². The normalized spacial score (nSPS) is 10.7. The van der Waals surface area contributed by atoms with Gasteiger partial charge in [-0.1, -0.05) is 12.1 Å². The maximum Gasteiger partial charge on any atom is 0.331 e. The maximum absolute atomic E-state index is 13.0. The minimum absolute atomic E-state index is 0.0104. The van der Waals surface area contributed by atoms with Gasteiger partial charge >= 0.3 is 5.97 Å². The molecule has 2 aromatic rings. The first kappa shape index (κ1) is 17.0. The molecule has 0 fully saturated rings. The lowest BCUT2D eigenvalue weighted by atomic mass is 10.2. The van der Waals surface area contributed by atoms with Crippen LogP contribution in [0.3, 0.4) is 0 Å². The highest BCUT2D eigenvalue weighted by atomic mass is 79.9. The van der Waals surface area contributed by atoms with Crippen LogP contribution < -0.4 is 4.74 Å². The first-order valence-corrected chi connectivity index (χ1v) is 7.44. The number of halogens is 2. The zero-order valence-electron chi connectivity index (χ0n) is 12.3. The summed E-state index contributed by atoms with van der Waals surface area (Å²) in [5.74, 6) is -0.668. The molecule has 0 aliphatic carbocycles. The van der Waals surface area contributed by atoms with Gasteiger partial charge in [-0.05, 0) is 57.4 Å². The van der Waals surface area contributed by atoms with Gasteiger partial charge in [0.25, 0.3) is 0 Å². The zero-order valence-corrected chi connectivity index (χ0v) is 13.8. The summed E-state index contributed by atoms with van der Waals surface area (Å²) in [6.45, 7) is -0.0104. The fourth-order valence-corrected chi connectivity index (χ4v) is 2.30. The fourth-order valence-electron chi connectivity index (χ4n) is 1.84. The van der Waals surface area contributed by atoms with Crippen molar-refractivity contribution in [3.05, 3.63) is 63.9 Å². The molecule has 2 rings (SSSR count). The molecular weight excluding hydrogens is 367 g/mol. The molecule has 1 N–H and O–H groups in total. The molecule has 0 spiro atoms. The van der Waals surface area contributed by atoms with Crippen molar-refractivity contribution in [3.8, 4) is 11.5 Å². The third kappa shape index (κ3) is 4.82. The number of hydrogen-bond donors (Lipinski definition) is 1. The van der Waals surface area contributed by atoms with Crippen LogP contribution in [0.1, 0.15) is 11.1 Å². The molecule has 0 saturated heterocycles. The molecule has 4 nitrogen and oxygen atoms in total. The lowest BCUT2D eigenvalue weighted by Crippen LogP contribution is -2.00. The van der Waals surface area contributed by atoms with Gasteiger partial charge in [-0.3, -0.25) is 0 Å². The van der Waals surface area contributed by atoms with Crippen molar-refractivity contribution in [1.29, 1.82) is 0 Å². The molecule has 0 unspecified atom stereocenters. The number of hydrogen-bond acceptors (Lipinski definition) is 4. The minimum Gasteiger partial charge on any atom is -0.503 e. The molecule has 0 radical (unpaired) electrons. The smallest absolute Gasteiger partial charge is 0.331 e. The number of benzene rings is 2. The van der Waals surface area contributed by atoms with E-state index in [1.54, 1.807) is 24.3 Å². The predicted molar refractivity (Wildman–Crippen MR) is 87.6 cm³/mol. The Bertz CT molecular complexity index is 743. The van der Waals surface area contributed by atoms with E-state index in [4.69, 9.17) is 9.47 Å². The molecular formula is C17H14BrFO4. The van der Waals surface area contributed by atoms with Crippen LogP contribution in [0.5, 0.6) is 11.5 Å². The van der Waals surface area contributed by atoms with Gasteiger partial charge in [0.1, 0.15) is 12.4 Å². The molecule has 0 aromatic heterocycles. The van der Waals surface area contributed by atoms with Crippen LogP contribution in [0.25, 0.3) is 6.08 Å². The summed E-state index contributed by atoms with van der Waals surface area (Å²) in [4.78, 5) is 11.7. The molecule has 0 bridgehead atoms. The Morgan fingerprint density at radius 2 is 2.13 bits per heavy atom. The van der Waals surface area contributed by atoms with E-state index >= 15 is 0 Å². The first-order valence-electron chi connectivity index (χ1n) is 6.65. The van der Waals surface area contributed by atoms with E-state index in [1.165, 1.54) is 31.4 Å². The third-order valence-electron chi connectivity index (χ3n) is 2.95. The minimum atomic E-state index is -0.558. The van der Waals surface area contributed by atoms with Crippen LogP contribution in [0.4, 0.5) is 4.39 Å². The van der Waals surface area contributed by atoms with Crippen LogP contribution in [0, 0.1) is 5.82 Å². The van der Waals surface area contributed by atoms with Gasteiger partial charge in [0, 0.05) is 6.08 Å². The molecule has 0 saturated carbocycles. The highest BCUT2D eigenvalue weighted by molar-refractivity contribution is 9.10. The van der Waals surface area contributed by atoms with E-state index in [0.29, 0.717) is 15.6 Å². The fraction of sp³-hybridized carbons (Fsp3) is 0.118. The van der Waals surface area contributed by atoms with Crippen LogP contribution in [0.15, 0.2) is 46.9 Å². The van der Waals surface area contributed by atoms with E-state index in [0.717, 1.165) is 0 Å². The molecule has 23 heavy (non-hydrogen) atoms. The van der Waals surface area contributed by atoms with Crippen molar-refractivity contribution < 1.29 is 23.8 Å². The van der Waals surface area contributed by atoms with Gasteiger partial charge in [0.2, 0.25) is 0 Å². The van der Waals surface area contributed by atoms with Gasteiger partial charge in [0.15, 0.2) is 11.5 Å². The Hall–Kier alpha value is -2.34. The number of phenolic OH excluding ortho intramolecular Hbond substituents is 1. The monoisotopic (exact) mass is 380 g/mol. The van der Waals surface area contributed by atoms with Crippen molar-refractivity contribution in [2.45, 2.75) is 6.61 Å². The Labute approximate surface area is 141 Å². The van der Waals surface area contributed by atoms with Gasteiger partial charge in [-0.15, -0.1) is 0 Å². The number of carbonyl (C=O) groups excluding carboxylic acids is 1. The van der Waals surface area contributed by atoms with Crippen LogP contribution in [-0.4, -0.2) is 18.2 Å². The summed E-state index contributed by atoms with van der Waals surface area (Å²) in [5, 5.41) is 9.71. The number of phenols is 1. The molecule has 6 heteroatoms. The predicted octanol–water partition coefficient (Wildman–Crippen LogP) is 4.06. The molecule has 0 heterocycles. The lowest BCUT2D eigenvalue weighted by molar-refractivity contribution is -0.138. The molecule has 0 aliphatic rings. The van der Waals surface area contributed by atoms with Gasteiger partial charge in [-0.25, -0.2) is 9.18 Å².